The normalized spacial score (nSPS) is 15.8. The van der Waals surface area contributed by atoms with Gasteiger partial charge in [0.2, 0.25) is 0 Å². The number of piperidine rings is 1. The Bertz CT molecular complexity index is 861. The zero-order valence-corrected chi connectivity index (χ0v) is 14.3. The molecule has 1 aliphatic heterocycles. The minimum Gasteiger partial charge on any atom is -0.459 e. The van der Waals surface area contributed by atoms with Gasteiger partial charge in [-0.3, -0.25) is 4.79 Å². The van der Waals surface area contributed by atoms with Crippen molar-refractivity contribution >= 4 is 16.9 Å². The molecule has 130 valence electrons. The molecule has 1 aliphatic rings. The fourth-order valence-corrected chi connectivity index (χ4v) is 3.40. The summed E-state index contributed by atoms with van der Waals surface area (Å²) in [4.78, 5) is 18.6. The van der Waals surface area contributed by atoms with Gasteiger partial charge in [-0.25, -0.2) is 4.98 Å². The van der Waals surface area contributed by atoms with Crippen LogP contribution in [0.25, 0.3) is 11.0 Å². The second-order valence-corrected chi connectivity index (χ2v) is 6.60. The molecule has 1 fully saturated rings. The molecule has 0 aliphatic carbocycles. The lowest BCUT2D eigenvalue weighted by Gasteiger charge is -2.32. The Labute approximate surface area is 146 Å². The first-order valence-electron chi connectivity index (χ1n) is 8.67. The van der Waals surface area contributed by atoms with Crippen molar-refractivity contribution in [2.24, 2.45) is 7.05 Å². The summed E-state index contributed by atoms with van der Waals surface area (Å²) in [6, 6.07) is 10.3. The Kier molecular flexibility index (Phi) is 4.28. The molecular weight excluding hydrogens is 316 g/mol. The summed E-state index contributed by atoms with van der Waals surface area (Å²) in [6.45, 7) is 2.34. The molecular formula is C19H22N4O2. The first-order valence-corrected chi connectivity index (χ1v) is 8.67. The predicted molar refractivity (Wildman–Crippen MR) is 95.2 cm³/mol. The number of aromatic nitrogens is 2. The second-order valence-electron chi connectivity index (χ2n) is 6.60. The highest BCUT2D eigenvalue weighted by Crippen LogP contribution is 2.17. The molecule has 2 aromatic heterocycles. The van der Waals surface area contributed by atoms with Gasteiger partial charge in [0.1, 0.15) is 0 Å². The van der Waals surface area contributed by atoms with Gasteiger partial charge in [0.25, 0.3) is 5.91 Å². The monoisotopic (exact) mass is 338 g/mol. The summed E-state index contributed by atoms with van der Waals surface area (Å²) in [5, 5.41) is 3.61. The van der Waals surface area contributed by atoms with Crippen LogP contribution in [0.4, 0.5) is 0 Å². The van der Waals surface area contributed by atoms with Gasteiger partial charge in [0.05, 0.1) is 23.6 Å². The number of imidazole rings is 1. The van der Waals surface area contributed by atoms with Crippen molar-refractivity contribution in [1.82, 2.24) is 19.8 Å². The summed E-state index contributed by atoms with van der Waals surface area (Å²) < 4.78 is 7.23. The van der Waals surface area contributed by atoms with Gasteiger partial charge in [-0.05, 0) is 42.7 Å². The number of amides is 1. The summed E-state index contributed by atoms with van der Waals surface area (Å²) in [6.07, 6.45) is 5.30. The molecule has 0 bridgehead atoms. The van der Waals surface area contributed by atoms with Crippen LogP contribution in [-0.2, 0) is 13.6 Å². The molecule has 1 saturated heterocycles. The van der Waals surface area contributed by atoms with Crippen LogP contribution >= 0.6 is 0 Å². The molecule has 1 amide bonds. The Morgan fingerprint density at radius 1 is 1.32 bits per heavy atom. The van der Waals surface area contributed by atoms with Crippen LogP contribution in [0.15, 0.2) is 47.3 Å². The lowest BCUT2D eigenvalue weighted by Crippen LogP contribution is -2.44. The molecule has 1 N–H and O–H groups in total. The van der Waals surface area contributed by atoms with Gasteiger partial charge in [-0.2, -0.15) is 0 Å². The van der Waals surface area contributed by atoms with Crippen LogP contribution in [0, 0.1) is 0 Å². The van der Waals surface area contributed by atoms with Crippen molar-refractivity contribution < 1.29 is 9.21 Å². The third kappa shape index (κ3) is 3.30. The van der Waals surface area contributed by atoms with E-state index in [0.29, 0.717) is 11.8 Å². The maximum atomic E-state index is 12.3. The SMILES string of the molecule is Cn1cnc2cc(CNC3CCN(C(=O)c4ccco4)CC3)ccc21. The summed E-state index contributed by atoms with van der Waals surface area (Å²) in [7, 11) is 2.01. The smallest absolute Gasteiger partial charge is 0.289 e. The number of carbonyl (C=O) groups excluding carboxylic acids is 1. The van der Waals surface area contributed by atoms with E-state index in [1.165, 1.54) is 5.56 Å². The fourth-order valence-electron chi connectivity index (χ4n) is 3.40. The van der Waals surface area contributed by atoms with E-state index in [2.05, 4.69) is 28.5 Å². The Morgan fingerprint density at radius 2 is 2.16 bits per heavy atom. The van der Waals surface area contributed by atoms with E-state index in [-0.39, 0.29) is 5.91 Å². The lowest BCUT2D eigenvalue weighted by molar-refractivity contribution is 0.0672. The molecule has 0 saturated carbocycles. The Morgan fingerprint density at radius 3 is 2.92 bits per heavy atom. The number of rotatable bonds is 4. The van der Waals surface area contributed by atoms with Crippen LogP contribution in [0.5, 0.6) is 0 Å². The number of carbonyl (C=O) groups is 1. The maximum absolute atomic E-state index is 12.3. The molecule has 0 unspecified atom stereocenters. The van der Waals surface area contributed by atoms with Crippen molar-refractivity contribution in [3.8, 4) is 0 Å². The number of nitrogens with zero attached hydrogens (tertiary/aromatic N) is 3. The molecule has 25 heavy (non-hydrogen) atoms. The zero-order valence-electron chi connectivity index (χ0n) is 14.3. The first-order chi connectivity index (χ1) is 12.2. The number of hydrogen-bond acceptors (Lipinski definition) is 4. The maximum Gasteiger partial charge on any atom is 0.289 e. The predicted octanol–water partition coefficient (Wildman–Crippen LogP) is 2.56. The van der Waals surface area contributed by atoms with Gasteiger partial charge in [0.15, 0.2) is 5.76 Å². The molecule has 4 rings (SSSR count). The Hall–Kier alpha value is -2.60. The van der Waals surface area contributed by atoms with Crippen molar-refractivity contribution in [1.29, 1.82) is 0 Å². The molecule has 0 spiro atoms. The van der Waals surface area contributed by atoms with E-state index in [0.717, 1.165) is 43.5 Å². The number of fused-ring (bicyclic) bond motifs is 1. The van der Waals surface area contributed by atoms with Crippen LogP contribution in [0.3, 0.4) is 0 Å². The van der Waals surface area contributed by atoms with E-state index in [1.807, 2.05) is 22.8 Å². The minimum atomic E-state index is -0.0101. The van der Waals surface area contributed by atoms with E-state index in [9.17, 15) is 4.79 Å². The molecule has 6 nitrogen and oxygen atoms in total. The van der Waals surface area contributed by atoms with E-state index < -0.39 is 0 Å². The van der Waals surface area contributed by atoms with Crippen LogP contribution < -0.4 is 5.32 Å². The fraction of sp³-hybridized carbons (Fsp3) is 0.368. The van der Waals surface area contributed by atoms with E-state index in [4.69, 9.17) is 4.42 Å². The highest BCUT2D eigenvalue weighted by Gasteiger charge is 2.24. The second kappa shape index (κ2) is 6.72. The molecule has 0 atom stereocenters. The average Bonchev–Trinajstić information content (AvgIpc) is 3.30. The van der Waals surface area contributed by atoms with Gasteiger partial charge in [-0.15, -0.1) is 0 Å². The third-order valence-corrected chi connectivity index (χ3v) is 4.90. The van der Waals surface area contributed by atoms with Crippen molar-refractivity contribution in [2.75, 3.05) is 13.1 Å². The van der Waals surface area contributed by atoms with E-state index >= 15 is 0 Å². The quantitative estimate of drug-likeness (QED) is 0.794. The van der Waals surface area contributed by atoms with Crippen LogP contribution in [-0.4, -0.2) is 39.5 Å². The van der Waals surface area contributed by atoms with E-state index in [1.54, 1.807) is 18.4 Å². The molecule has 3 aromatic rings. The third-order valence-electron chi connectivity index (χ3n) is 4.90. The lowest BCUT2D eigenvalue weighted by atomic mass is 10.0. The molecule has 3 heterocycles. The zero-order chi connectivity index (χ0) is 17.2. The number of nitrogens with one attached hydrogen (secondary N) is 1. The number of likely N-dealkylation sites (tertiary alicyclic amines) is 1. The highest BCUT2D eigenvalue weighted by atomic mass is 16.3. The van der Waals surface area contributed by atoms with Gasteiger partial charge >= 0.3 is 0 Å². The first kappa shape index (κ1) is 15.9. The van der Waals surface area contributed by atoms with Crippen molar-refractivity contribution in [3.63, 3.8) is 0 Å². The average molecular weight is 338 g/mol. The summed E-state index contributed by atoms with van der Waals surface area (Å²) >= 11 is 0. The minimum absolute atomic E-state index is 0.0101. The van der Waals surface area contributed by atoms with Gasteiger partial charge in [-0.1, -0.05) is 6.07 Å². The standard InChI is InChI=1S/C19H22N4O2/c1-22-13-21-16-11-14(4-5-17(16)22)12-20-15-6-8-23(9-7-15)19(24)18-3-2-10-25-18/h2-5,10-11,13,15,20H,6-9,12H2,1H3. The molecule has 6 heteroatoms. The van der Waals surface area contributed by atoms with Crippen molar-refractivity contribution in [3.05, 3.63) is 54.2 Å². The number of aryl methyl sites for hydroxylation is 1. The topological polar surface area (TPSA) is 63.3 Å². The highest BCUT2D eigenvalue weighted by molar-refractivity contribution is 5.91. The summed E-state index contributed by atoms with van der Waals surface area (Å²) in [5.74, 6) is 0.416. The van der Waals surface area contributed by atoms with Crippen molar-refractivity contribution in [2.45, 2.75) is 25.4 Å². The number of benzene rings is 1. The Balaban J connectivity index is 1.30. The number of furan rings is 1. The van der Waals surface area contributed by atoms with Gasteiger partial charge < -0.3 is 19.2 Å². The molecule has 0 radical (unpaired) electrons. The molecule has 1 aromatic carbocycles. The van der Waals surface area contributed by atoms with Crippen LogP contribution in [0.2, 0.25) is 0 Å². The van der Waals surface area contributed by atoms with Gasteiger partial charge in [0, 0.05) is 32.7 Å². The largest absolute Gasteiger partial charge is 0.459 e. The van der Waals surface area contributed by atoms with Crippen LogP contribution in [0.1, 0.15) is 29.0 Å². The number of hydrogen-bond donors (Lipinski definition) is 1. The summed E-state index contributed by atoms with van der Waals surface area (Å²) in [5.41, 5.74) is 3.41.